The third kappa shape index (κ3) is 4.58. The zero-order chi connectivity index (χ0) is 25.1. The number of fused-ring (bicyclic) bond motifs is 1. The van der Waals surface area contributed by atoms with Crippen LogP contribution in [0.4, 0.5) is 23.3 Å². The molecule has 0 spiro atoms. The molecule has 10 nitrogen and oxygen atoms in total. The highest BCUT2D eigenvalue weighted by molar-refractivity contribution is 6.02. The van der Waals surface area contributed by atoms with Crippen LogP contribution in [0.3, 0.4) is 0 Å². The Kier molecular flexibility index (Phi) is 6.04. The number of allylic oxidation sites excluding steroid dienone is 1. The van der Waals surface area contributed by atoms with E-state index in [2.05, 4.69) is 20.3 Å². The number of hydrogen-bond acceptors (Lipinski definition) is 9. The molecule has 0 aliphatic carbocycles. The van der Waals surface area contributed by atoms with Crippen molar-refractivity contribution in [2.75, 3.05) is 11.1 Å². The second kappa shape index (κ2) is 9.25. The molecule has 0 amide bonds. The number of nitriles is 2. The monoisotopic (exact) mass is 462 g/mol. The minimum absolute atomic E-state index is 0.0694. The van der Waals surface area contributed by atoms with Crippen LogP contribution in [0.15, 0.2) is 48.7 Å². The van der Waals surface area contributed by atoms with Crippen molar-refractivity contribution in [1.82, 2.24) is 15.0 Å². The molecular formula is C25H18N8O2. The molecule has 0 saturated heterocycles. The highest BCUT2D eigenvalue weighted by Gasteiger charge is 2.20. The van der Waals surface area contributed by atoms with E-state index < -0.39 is 4.92 Å². The molecule has 2 heterocycles. The van der Waals surface area contributed by atoms with E-state index in [0.29, 0.717) is 27.8 Å². The van der Waals surface area contributed by atoms with Crippen LogP contribution < -0.4 is 11.1 Å². The SMILES string of the molecule is Cc1cc(C=CC#N)cc(C)c1-c1cc([N+](=O)[O-])cc2c(N)nc(Nc3ccc(C#N)cn3)nc12. The summed E-state index contributed by atoms with van der Waals surface area (Å²) in [4.78, 5) is 24.2. The molecule has 0 fully saturated rings. The maximum Gasteiger partial charge on any atom is 0.270 e. The van der Waals surface area contributed by atoms with Gasteiger partial charge in [-0.3, -0.25) is 10.1 Å². The van der Waals surface area contributed by atoms with Gasteiger partial charge in [0.25, 0.3) is 5.69 Å². The lowest BCUT2D eigenvalue weighted by molar-refractivity contribution is -0.384. The number of hydrogen-bond donors (Lipinski definition) is 2. The number of nitrogens with zero attached hydrogens (tertiary/aromatic N) is 6. The number of nitrogens with one attached hydrogen (secondary N) is 1. The molecule has 4 aromatic rings. The van der Waals surface area contributed by atoms with Gasteiger partial charge in [0.05, 0.1) is 27.5 Å². The van der Waals surface area contributed by atoms with E-state index in [9.17, 15) is 10.1 Å². The van der Waals surface area contributed by atoms with Gasteiger partial charge in [-0.05, 0) is 54.3 Å². The first-order chi connectivity index (χ1) is 16.8. The number of nitrogens with two attached hydrogens (primary N) is 1. The Morgan fingerprint density at radius 3 is 2.46 bits per heavy atom. The van der Waals surface area contributed by atoms with E-state index >= 15 is 0 Å². The summed E-state index contributed by atoms with van der Waals surface area (Å²) in [6.07, 6.45) is 4.50. The Labute approximate surface area is 200 Å². The molecule has 0 bridgehead atoms. The summed E-state index contributed by atoms with van der Waals surface area (Å²) in [5.74, 6) is 0.637. The standard InChI is InChI=1S/C25H18N8O2/c1-14-8-16(4-3-7-26)9-15(2)22(14)19-10-18(33(34)35)11-20-23(19)31-25(32-24(20)28)30-21-6-5-17(12-27)13-29-21/h3-6,8-11,13H,1-2H3,(H3,28,29,30,31,32). The van der Waals surface area contributed by atoms with Crippen molar-refractivity contribution >= 4 is 40.3 Å². The Morgan fingerprint density at radius 1 is 1.11 bits per heavy atom. The smallest absolute Gasteiger partial charge is 0.270 e. The number of rotatable bonds is 5. The molecule has 10 heteroatoms. The first-order valence-electron chi connectivity index (χ1n) is 10.4. The fourth-order valence-electron chi connectivity index (χ4n) is 3.89. The number of aromatic nitrogens is 3. The van der Waals surface area contributed by atoms with Crippen LogP contribution in [0, 0.1) is 46.6 Å². The number of benzene rings is 2. The molecule has 0 aliphatic rings. The molecule has 0 saturated carbocycles. The fourth-order valence-corrected chi connectivity index (χ4v) is 3.89. The van der Waals surface area contributed by atoms with E-state index in [-0.39, 0.29) is 17.5 Å². The summed E-state index contributed by atoms with van der Waals surface area (Å²) in [6, 6.07) is 13.8. The molecule has 4 rings (SSSR count). The Bertz CT molecular complexity index is 1570. The van der Waals surface area contributed by atoms with Gasteiger partial charge in [0, 0.05) is 30.0 Å². The molecule has 0 aliphatic heterocycles. The topological polar surface area (TPSA) is 167 Å². The molecule has 0 unspecified atom stereocenters. The first-order valence-corrected chi connectivity index (χ1v) is 10.4. The highest BCUT2D eigenvalue weighted by Crippen LogP contribution is 2.38. The van der Waals surface area contributed by atoms with Gasteiger partial charge in [-0.1, -0.05) is 12.1 Å². The molecule has 3 N–H and O–H groups in total. The number of nitro groups is 1. The van der Waals surface area contributed by atoms with Crippen molar-refractivity contribution < 1.29 is 4.92 Å². The summed E-state index contributed by atoms with van der Waals surface area (Å²) in [5.41, 5.74) is 10.8. The average Bonchev–Trinajstić information content (AvgIpc) is 2.83. The zero-order valence-corrected chi connectivity index (χ0v) is 18.8. The van der Waals surface area contributed by atoms with E-state index in [0.717, 1.165) is 22.3 Å². The first kappa shape index (κ1) is 22.8. The van der Waals surface area contributed by atoms with Gasteiger partial charge in [-0.2, -0.15) is 15.5 Å². The summed E-state index contributed by atoms with van der Waals surface area (Å²) >= 11 is 0. The van der Waals surface area contributed by atoms with Crippen LogP contribution in [0.2, 0.25) is 0 Å². The maximum absolute atomic E-state index is 11.7. The summed E-state index contributed by atoms with van der Waals surface area (Å²) in [7, 11) is 0. The van der Waals surface area contributed by atoms with E-state index in [1.165, 1.54) is 24.4 Å². The van der Waals surface area contributed by atoms with Crippen molar-refractivity contribution in [2.24, 2.45) is 0 Å². The summed E-state index contributed by atoms with van der Waals surface area (Å²) < 4.78 is 0. The van der Waals surface area contributed by atoms with Gasteiger partial charge in [-0.15, -0.1) is 0 Å². The Morgan fingerprint density at radius 2 is 1.86 bits per heavy atom. The molecule has 0 radical (unpaired) electrons. The van der Waals surface area contributed by atoms with E-state index in [1.807, 2.05) is 38.1 Å². The third-order valence-electron chi connectivity index (χ3n) is 5.33. The molecule has 0 atom stereocenters. The Balaban J connectivity index is 1.93. The largest absolute Gasteiger partial charge is 0.383 e. The minimum Gasteiger partial charge on any atom is -0.383 e. The second-order valence-corrected chi connectivity index (χ2v) is 7.74. The van der Waals surface area contributed by atoms with Crippen LogP contribution in [-0.4, -0.2) is 19.9 Å². The minimum atomic E-state index is -0.482. The van der Waals surface area contributed by atoms with Gasteiger partial charge in [-0.25, -0.2) is 9.97 Å². The number of aryl methyl sites for hydroxylation is 2. The quantitative estimate of drug-likeness (QED) is 0.237. The number of nitrogen functional groups attached to an aromatic ring is 1. The summed E-state index contributed by atoms with van der Waals surface area (Å²) in [6.45, 7) is 3.78. The predicted octanol–water partition coefficient (Wildman–Crippen LogP) is 4.95. The predicted molar refractivity (Wildman–Crippen MR) is 132 cm³/mol. The average molecular weight is 462 g/mol. The van der Waals surface area contributed by atoms with Crippen LogP contribution in [0.25, 0.3) is 28.1 Å². The summed E-state index contributed by atoms with van der Waals surface area (Å²) in [5, 5.41) is 32.8. The van der Waals surface area contributed by atoms with Crippen molar-refractivity contribution in [3.05, 3.63) is 81.0 Å². The van der Waals surface area contributed by atoms with Crippen LogP contribution in [0.5, 0.6) is 0 Å². The highest BCUT2D eigenvalue weighted by atomic mass is 16.6. The van der Waals surface area contributed by atoms with Crippen molar-refractivity contribution in [3.63, 3.8) is 0 Å². The molecular weight excluding hydrogens is 444 g/mol. The third-order valence-corrected chi connectivity index (χ3v) is 5.33. The normalized spacial score (nSPS) is 10.7. The number of anilines is 3. The van der Waals surface area contributed by atoms with Gasteiger partial charge >= 0.3 is 0 Å². The number of non-ortho nitro benzene ring substituents is 1. The van der Waals surface area contributed by atoms with E-state index in [4.69, 9.17) is 16.3 Å². The lowest BCUT2D eigenvalue weighted by Crippen LogP contribution is -2.04. The van der Waals surface area contributed by atoms with E-state index in [1.54, 1.807) is 18.2 Å². The van der Waals surface area contributed by atoms with Crippen molar-refractivity contribution in [2.45, 2.75) is 13.8 Å². The van der Waals surface area contributed by atoms with Crippen molar-refractivity contribution in [1.29, 1.82) is 10.5 Å². The maximum atomic E-state index is 11.7. The molecule has 170 valence electrons. The van der Waals surface area contributed by atoms with Crippen molar-refractivity contribution in [3.8, 4) is 23.3 Å². The van der Waals surface area contributed by atoms with Crippen LogP contribution >= 0.6 is 0 Å². The zero-order valence-electron chi connectivity index (χ0n) is 18.8. The van der Waals surface area contributed by atoms with Gasteiger partial charge in [0.2, 0.25) is 5.95 Å². The number of nitro benzene ring substituents is 1. The lowest BCUT2D eigenvalue weighted by Gasteiger charge is -2.15. The Hall–Kier alpha value is -5.35. The number of pyridine rings is 1. The van der Waals surface area contributed by atoms with Crippen LogP contribution in [-0.2, 0) is 0 Å². The molecule has 2 aromatic heterocycles. The second-order valence-electron chi connectivity index (χ2n) is 7.74. The lowest BCUT2D eigenvalue weighted by atomic mass is 9.91. The van der Waals surface area contributed by atoms with Gasteiger partial charge in [0.1, 0.15) is 17.7 Å². The molecule has 2 aromatic carbocycles. The van der Waals surface area contributed by atoms with Crippen LogP contribution in [0.1, 0.15) is 22.3 Å². The fraction of sp³-hybridized carbons (Fsp3) is 0.0800. The van der Waals surface area contributed by atoms with Gasteiger partial charge in [0.15, 0.2) is 0 Å². The molecule has 35 heavy (non-hydrogen) atoms. The van der Waals surface area contributed by atoms with Gasteiger partial charge < -0.3 is 11.1 Å².